The molecule has 0 radical (unpaired) electrons. The van der Waals surface area contributed by atoms with Gasteiger partial charge in [-0.05, 0) is 37.1 Å². The van der Waals surface area contributed by atoms with E-state index in [1.54, 1.807) is 11.3 Å². The van der Waals surface area contributed by atoms with Crippen molar-refractivity contribution in [3.63, 3.8) is 0 Å². The molecule has 3 aromatic heterocycles. The fraction of sp³-hybridized carbons (Fsp3) is 0.286. The molecule has 0 amide bonds. The first-order valence-electron chi connectivity index (χ1n) is 6.70. The van der Waals surface area contributed by atoms with E-state index in [0.717, 1.165) is 18.5 Å². The van der Waals surface area contributed by atoms with Gasteiger partial charge in [0.25, 0.3) is 0 Å². The molecule has 6 nitrogen and oxygen atoms in total. The minimum atomic E-state index is -0.676. The van der Waals surface area contributed by atoms with Crippen LogP contribution >= 0.6 is 11.3 Å². The SMILES string of the molecule is OC(CCc1ccc(Cc2ccccn2)s1)c1nn[nH]n1. The molecule has 0 bridgehead atoms. The number of nitrogens with zero attached hydrogens (tertiary/aromatic N) is 4. The molecule has 1 unspecified atom stereocenters. The van der Waals surface area contributed by atoms with Gasteiger partial charge in [0.15, 0.2) is 0 Å². The quantitative estimate of drug-likeness (QED) is 0.726. The van der Waals surface area contributed by atoms with Crippen LogP contribution in [0.5, 0.6) is 0 Å². The van der Waals surface area contributed by atoms with Crippen LogP contribution in [0.25, 0.3) is 0 Å². The van der Waals surface area contributed by atoms with Gasteiger partial charge >= 0.3 is 0 Å². The maximum absolute atomic E-state index is 9.92. The second-order valence-electron chi connectivity index (χ2n) is 4.69. The zero-order valence-electron chi connectivity index (χ0n) is 11.3. The van der Waals surface area contributed by atoms with Crippen LogP contribution < -0.4 is 0 Å². The number of aliphatic hydroxyl groups is 1. The minimum absolute atomic E-state index is 0.347. The van der Waals surface area contributed by atoms with Crippen LogP contribution in [0.3, 0.4) is 0 Å². The highest BCUT2D eigenvalue weighted by atomic mass is 32.1. The number of hydrogen-bond donors (Lipinski definition) is 2. The largest absolute Gasteiger partial charge is 0.385 e. The number of hydrogen-bond acceptors (Lipinski definition) is 6. The molecule has 7 heteroatoms. The summed E-state index contributed by atoms with van der Waals surface area (Å²) in [5.41, 5.74) is 1.07. The third-order valence-electron chi connectivity index (χ3n) is 3.12. The molecule has 108 valence electrons. The molecule has 0 spiro atoms. The first kappa shape index (κ1) is 13.8. The molecule has 0 aliphatic carbocycles. The molecule has 21 heavy (non-hydrogen) atoms. The number of aromatic amines is 1. The Balaban J connectivity index is 1.55. The molecule has 1 atom stereocenters. The average molecular weight is 301 g/mol. The van der Waals surface area contributed by atoms with Gasteiger partial charge in [-0.25, -0.2) is 0 Å². The molecule has 0 saturated carbocycles. The summed E-state index contributed by atoms with van der Waals surface area (Å²) in [4.78, 5) is 6.85. The van der Waals surface area contributed by atoms with Gasteiger partial charge in [-0.1, -0.05) is 11.3 Å². The number of aliphatic hydroxyl groups excluding tert-OH is 1. The summed E-state index contributed by atoms with van der Waals surface area (Å²) in [7, 11) is 0. The van der Waals surface area contributed by atoms with Crippen LogP contribution in [-0.2, 0) is 12.8 Å². The molecule has 0 aliphatic heterocycles. The molecule has 0 aromatic carbocycles. The highest BCUT2D eigenvalue weighted by molar-refractivity contribution is 7.12. The number of H-pyrrole nitrogens is 1. The summed E-state index contributed by atoms with van der Waals surface area (Å²) in [6.07, 6.45) is 3.36. The van der Waals surface area contributed by atoms with E-state index in [1.165, 1.54) is 9.75 Å². The summed E-state index contributed by atoms with van der Waals surface area (Å²) in [5.74, 6) is 0.347. The number of rotatable bonds is 6. The van der Waals surface area contributed by atoms with Gasteiger partial charge in [0.1, 0.15) is 6.10 Å². The highest BCUT2D eigenvalue weighted by Crippen LogP contribution is 2.23. The highest BCUT2D eigenvalue weighted by Gasteiger charge is 2.13. The zero-order valence-corrected chi connectivity index (χ0v) is 12.1. The third-order valence-corrected chi connectivity index (χ3v) is 4.27. The summed E-state index contributed by atoms with van der Waals surface area (Å²) >= 11 is 1.75. The van der Waals surface area contributed by atoms with Crippen LogP contribution in [0.2, 0.25) is 0 Å². The van der Waals surface area contributed by atoms with Gasteiger partial charge < -0.3 is 5.11 Å². The number of aryl methyl sites for hydroxylation is 1. The van der Waals surface area contributed by atoms with Gasteiger partial charge in [-0.2, -0.15) is 5.21 Å². The molecule has 3 heterocycles. The lowest BCUT2D eigenvalue weighted by Gasteiger charge is -2.03. The Labute approximate surface area is 125 Å². The van der Waals surface area contributed by atoms with E-state index in [2.05, 4.69) is 37.7 Å². The second kappa shape index (κ2) is 6.55. The van der Waals surface area contributed by atoms with Crippen LogP contribution in [0.4, 0.5) is 0 Å². The topological polar surface area (TPSA) is 87.6 Å². The van der Waals surface area contributed by atoms with Crippen molar-refractivity contribution in [3.8, 4) is 0 Å². The predicted octanol–water partition coefficient (Wildman–Crippen LogP) is 1.91. The maximum atomic E-state index is 9.92. The van der Waals surface area contributed by atoms with Crippen molar-refractivity contribution in [3.05, 3.63) is 57.8 Å². The summed E-state index contributed by atoms with van der Waals surface area (Å²) in [6, 6.07) is 10.2. The fourth-order valence-corrected chi connectivity index (χ4v) is 3.10. The lowest BCUT2D eigenvalue weighted by atomic mass is 10.1. The van der Waals surface area contributed by atoms with Crippen molar-refractivity contribution in [2.45, 2.75) is 25.4 Å². The van der Waals surface area contributed by atoms with Gasteiger partial charge in [0.2, 0.25) is 5.82 Å². The number of aromatic nitrogens is 5. The van der Waals surface area contributed by atoms with Crippen molar-refractivity contribution < 1.29 is 5.11 Å². The van der Waals surface area contributed by atoms with E-state index in [1.807, 2.05) is 24.4 Å². The van der Waals surface area contributed by atoms with Gasteiger partial charge in [-0.15, -0.1) is 21.5 Å². The summed E-state index contributed by atoms with van der Waals surface area (Å²) in [6.45, 7) is 0. The first-order valence-corrected chi connectivity index (χ1v) is 7.52. The van der Waals surface area contributed by atoms with E-state index in [9.17, 15) is 5.11 Å². The maximum Gasteiger partial charge on any atom is 0.202 e. The molecule has 2 N–H and O–H groups in total. The standard InChI is InChI=1S/C14H15N5OS/c20-13(14-16-18-19-17-14)7-6-11-4-5-12(21-11)9-10-3-1-2-8-15-10/h1-5,8,13,20H,6-7,9H2,(H,16,17,18,19). The number of tetrazole rings is 1. The Morgan fingerprint density at radius 2 is 2.10 bits per heavy atom. The third kappa shape index (κ3) is 3.71. The lowest BCUT2D eigenvalue weighted by molar-refractivity contribution is 0.158. The van der Waals surface area contributed by atoms with Gasteiger partial charge in [0.05, 0.1) is 0 Å². The van der Waals surface area contributed by atoms with E-state index < -0.39 is 6.10 Å². The molecular formula is C14H15N5OS. The number of thiophene rings is 1. The molecule has 0 fully saturated rings. The van der Waals surface area contributed by atoms with Crippen LogP contribution in [0, 0.1) is 0 Å². The van der Waals surface area contributed by atoms with E-state index in [-0.39, 0.29) is 0 Å². The van der Waals surface area contributed by atoms with Crippen molar-refractivity contribution in [2.24, 2.45) is 0 Å². The minimum Gasteiger partial charge on any atom is -0.385 e. The molecule has 3 rings (SSSR count). The van der Waals surface area contributed by atoms with Crippen LogP contribution in [0.15, 0.2) is 36.5 Å². The Morgan fingerprint density at radius 3 is 2.86 bits per heavy atom. The van der Waals surface area contributed by atoms with Crippen LogP contribution in [-0.4, -0.2) is 30.7 Å². The average Bonchev–Trinajstić information content (AvgIpc) is 3.17. The molecular weight excluding hydrogens is 286 g/mol. The Bertz CT molecular complexity index is 668. The van der Waals surface area contributed by atoms with E-state index in [4.69, 9.17) is 0 Å². The molecule has 0 aliphatic rings. The van der Waals surface area contributed by atoms with E-state index in [0.29, 0.717) is 12.2 Å². The monoisotopic (exact) mass is 301 g/mol. The van der Waals surface area contributed by atoms with Crippen molar-refractivity contribution in [2.75, 3.05) is 0 Å². The normalized spacial score (nSPS) is 12.4. The fourth-order valence-electron chi connectivity index (χ4n) is 2.05. The van der Waals surface area contributed by atoms with Gasteiger partial charge in [0, 0.05) is 28.1 Å². The zero-order chi connectivity index (χ0) is 14.5. The Kier molecular flexibility index (Phi) is 4.32. The number of pyridine rings is 1. The summed E-state index contributed by atoms with van der Waals surface area (Å²) in [5, 5.41) is 23.3. The molecule has 3 aromatic rings. The van der Waals surface area contributed by atoms with E-state index >= 15 is 0 Å². The first-order chi connectivity index (χ1) is 10.3. The lowest BCUT2D eigenvalue weighted by Crippen LogP contribution is -2.01. The smallest absolute Gasteiger partial charge is 0.202 e. The Hall–Kier alpha value is -2.12. The van der Waals surface area contributed by atoms with Crippen molar-refractivity contribution >= 4 is 11.3 Å². The molecule has 0 saturated heterocycles. The van der Waals surface area contributed by atoms with Crippen molar-refractivity contribution in [1.29, 1.82) is 0 Å². The predicted molar refractivity (Wildman–Crippen MR) is 78.8 cm³/mol. The van der Waals surface area contributed by atoms with Crippen LogP contribution in [0.1, 0.15) is 33.8 Å². The Morgan fingerprint density at radius 1 is 1.19 bits per heavy atom. The summed E-state index contributed by atoms with van der Waals surface area (Å²) < 4.78 is 0. The van der Waals surface area contributed by atoms with Gasteiger partial charge in [-0.3, -0.25) is 4.98 Å². The van der Waals surface area contributed by atoms with Crippen molar-refractivity contribution in [1.82, 2.24) is 25.6 Å². The number of nitrogens with one attached hydrogen (secondary N) is 1. The second-order valence-corrected chi connectivity index (χ2v) is 5.94.